The third-order valence-electron chi connectivity index (χ3n) is 1.88. The molecular formula is C8H7Cl2F3N2O2S. The third-order valence-corrected chi connectivity index (χ3v) is 4.34. The highest BCUT2D eigenvalue weighted by Gasteiger charge is 2.35. The van der Waals surface area contributed by atoms with Crippen LogP contribution in [0.1, 0.15) is 0 Å². The summed E-state index contributed by atoms with van der Waals surface area (Å²) in [6, 6.07) is 0.944. The number of hydrogen-bond acceptors (Lipinski definition) is 3. The van der Waals surface area contributed by atoms with Crippen molar-refractivity contribution in [2.75, 3.05) is 13.6 Å². The van der Waals surface area contributed by atoms with Gasteiger partial charge in [0.05, 0.1) is 5.02 Å². The number of halogens is 5. The molecule has 0 N–H and O–H groups in total. The Morgan fingerprint density at radius 1 is 1.39 bits per heavy atom. The second kappa shape index (κ2) is 5.20. The average Bonchev–Trinajstić information content (AvgIpc) is 2.19. The first kappa shape index (κ1) is 15.5. The first-order valence-electron chi connectivity index (χ1n) is 4.38. The van der Waals surface area contributed by atoms with Crippen LogP contribution in [-0.4, -0.2) is 37.5 Å². The van der Waals surface area contributed by atoms with E-state index in [0.717, 1.165) is 19.3 Å². The van der Waals surface area contributed by atoms with Crippen LogP contribution < -0.4 is 0 Å². The van der Waals surface area contributed by atoms with E-state index in [1.165, 1.54) is 0 Å². The molecule has 1 aromatic heterocycles. The summed E-state index contributed by atoms with van der Waals surface area (Å²) in [7, 11) is -3.49. The van der Waals surface area contributed by atoms with E-state index in [9.17, 15) is 21.6 Å². The molecule has 1 rings (SSSR count). The maximum Gasteiger partial charge on any atom is 0.402 e. The van der Waals surface area contributed by atoms with Crippen LogP contribution in [0.25, 0.3) is 0 Å². The number of aromatic nitrogens is 1. The highest BCUT2D eigenvalue weighted by molar-refractivity contribution is 7.89. The topological polar surface area (TPSA) is 50.3 Å². The molecular weight excluding hydrogens is 316 g/mol. The highest BCUT2D eigenvalue weighted by Crippen LogP contribution is 2.25. The molecule has 4 nitrogen and oxygen atoms in total. The number of nitrogens with zero attached hydrogens (tertiary/aromatic N) is 2. The van der Waals surface area contributed by atoms with Crippen molar-refractivity contribution in [1.29, 1.82) is 0 Å². The van der Waals surface area contributed by atoms with Gasteiger partial charge in [-0.3, -0.25) is 0 Å². The largest absolute Gasteiger partial charge is 0.402 e. The molecule has 0 radical (unpaired) electrons. The van der Waals surface area contributed by atoms with Gasteiger partial charge in [0.2, 0.25) is 10.0 Å². The van der Waals surface area contributed by atoms with E-state index in [2.05, 4.69) is 4.98 Å². The molecule has 0 aliphatic heterocycles. The molecule has 0 aromatic carbocycles. The van der Waals surface area contributed by atoms with E-state index in [4.69, 9.17) is 23.2 Å². The van der Waals surface area contributed by atoms with E-state index in [0.29, 0.717) is 0 Å². The van der Waals surface area contributed by atoms with Gasteiger partial charge in [-0.05, 0) is 6.07 Å². The minimum Gasteiger partial charge on any atom is -0.242 e. The van der Waals surface area contributed by atoms with Crippen LogP contribution in [0.4, 0.5) is 13.2 Å². The fraction of sp³-hybridized carbons (Fsp3) is 0.375. The van der Waals surface area contributed by atoms with Crippen LogP contribution in [-0.2, 0) is 10.0 Å². The van der Waals surface area contributed by atoms with E-state index >= 15 is 0 Å². The predicted octanol–water partition coefficient (Wildman–Crippen LogP) is 2.57. The van der Waals surface area contributed by atoms with Gasteiger partial charge in [-0.2, -0.15) is 17.5 Å². The first-order valence-corrected chi connectivity index (χ1v) is 6.58. The second-order valence-electron chi connectivity index (χ2n) is 3.32. The van der Waals surface area contributed by atoms with Crippen molar-refractivity contribution in [3.8, 4) is 0 Å². The summed E-state index contributed by atoms with van der Waals surface area (Å²) in [6.45, 7) is -1.60. The lowest BCUT2D eigenvalue weighted by Crippen LogP contribution is -2.35. The molecule has 0 aliphatic rings. The van der Waals surface area contributed by atoms with Crippen molar-refractivity contribution >= 4 is 33.2 Å². The van der Waals surface area contributed by atoms with Crippen LogP contribution in [0.2, 0.25) is 10.2 Å². The third kappa shape index (κ3) is 3.71. The molecule has 0 unspecified atom stereocenters. The normalized spacial score (nSPS) is 13.1. The molecule has 1 aromatic rings. The highest BCUT2D eigenvalue weighted by atomic mass is 35.5. The fourth-order valence-corrected chi connectivity index (χ4v) is 2.53. The summed E-state index contributed by atoms with van der Waals surface area (Å²) in [5.74, 6) is 0. The quantitative estimate of drug-likeness (QED) is 0.804. The molecule has 1 heterocycles. The monoisotopic (exact) mass is 322 g/mol. The van der Waals surface area contributed by atoms with Crippen LogP contribution in [0.3, 0.4) is 0 Å². The molecule has 102 valence electrons. The molecule has 0 saturated heterocycles. The van der Waals surface area contributed by atoms with E-state index in [-0.39, 0.29) is 14.5 Å². The van der Waals surface area contributed by atoms with Gasteiger partial charge >= 0.3 is 6.18 Å². The van der Waals surface area contributed by atoms with Gasteiger partial charge in [0.25, 0.3) is 0 Å². The van der Waals surface area contributed by atoms with Crippen LogP contribution in [0.5, 0.6) is 0 Å². The van der Waals surface area contributed by atoms with Gasteiger partial charge in [-0.15, -0.1) is 0 Å². The molecule has 0 aliphatic carbocycles. The summed E-state index contributed by atoms with van der Waals surface area (Å²) in [4.78, 5) is 3.02. The summed E-state index contributed by atoms with van der Waals surface area (Å²) in [6.07, 6.45) is -3.79. The molecule has 0 atom stereocenters. The Hall–Kier alpha value is -0.570. The lowest BCUT2D eigenvalue weighted by molar-refractivity contribution is -0.134. The minimum atomic E-state index is -4.63. The van der Waals surface area contributed by atoms with Crippen LogP contribution in [0.15, 0.2) is 17.2 Å². The molecule has 0 spiro atoms. The van der Waals surface area contributed by atoms with Crippen molar-refractivity contribution < 1.29 is 21.6 Å². The van der Waals surface area contributed by atoms with E-state index in [1.54, 1.807) is 0 Å². The second-order valence-corrected chi connectivity index (χ2v) is 6.13. The van der Waals surface area contributed by atoms with Crippen molar-refractivity contribution in [3.63, 3.8) is 0 Å². The van der Waals surface area contributed by atoms with Crippen molar-refractivity contribution in [2.24, 2.45) is 0 Å². The zero-order valence-corrected chi connectivity index (χ0v) is 11.2. The zero-order valence-electron chi connectivity index (χ0n) is 8.87. The SMILES string of the molecule is CN(CC(F)(F)F)S(=O)(=O)c1cnc(Cl)c(Cl)c1. The Bertz CT molecular complexity index is 548. The lowest BCUT2D eigenvalue weighted by atomic mass is 10.5. The van der Waals surface area contributed by atoms with Gasteiger partial charge in [-0.1, -0.05) is 23.2 Å². The van der Waals surface area contributed by atoms with Crippen LogP contribution in [0, 0.1) is 0 Å². The maximum atomic E-state index is 12.1. The number of alkyl halides is 3. The van der Waals surface area contributed by atoms with Crippen molar-refractivity contribution in [2.45, 2.75) is 11.1 Å². The standard InChI is InChI=1S/C8H7Cl2F3N2O2S/c1-15(4-8(11,12)13)18(16,17)5-2-6(9)7(10)14-3-5/h2-3H,4H2,1H3. The Kier molecular flexibility index (Phi) is 4.47. The summed E-state index contributed by atoms with van der Waals surface area (Å²) in [5.41, 5.74) is 0. The van der Waals surface area contributed by atoms with Gasteiger partial charge in [0.1, 0.15) is 16.6 Å². The molecule has 0 amide bonds. The molecule has 0 saturated carbocycles. The zero-order chi connectivity index (χ0) is 14.1. The Morgan fingerprint density at radius 3 is 2.39 bits per heavy atom. The number of pyridine rings is 1. The fourth-order valence-electron chi connectivity index (χ4n) is 1.06. The lowest BCUT2D eigenvalue weighted by Gasteiger charge is -2.18. The average molecular weight is 323 g/mol. The van der Waals surface area contributed by atoms with Gasteiger partial charge in [0, 0.05) is 13.2 Å². The summed E-state index contributed by atoms with van der Waals surface area (Å²) >= 11 is 11.0. The molecule has 0 fully saturated rings. The van der Waals surface area contributed by atoms with Gasteiger partial charge in [0.15, 0.2) is 0 Å². The van der Waals surface area contributed by atoms with E-state index < -0.39 is 27.6 Å². The number of sulfonamides is 1. The van der Waals surface area contributed by atoms with Gasteiger partial charge in [-0.25, -0.2) is 13.4 Å². The van der Waals surface area contributed by atoms with Gasteiger partial charge < -0.3 is 0 Å². The summed E-state index contributed by atoms with van der Waals surface area (Å²) in [5, 5.41) is -0.285. The maximum absolute atomic E-state index is 12.1. The van der Waals surface area contributed by atoms with Crippen LogP contribution >= 0.6 is 23.2 Å². The minimum absolute atomic E-state index is 0.130. The predicted molar refractivity (Wildman–Crippen MR) is 60.1 cm³/mol. The Balaban J connectivity index is 3.10. The Morgan fingerprint density at radius 2 is 1.94 bits per heavy atom. The van der Waals surface area contributed by atoms with Crippen molar-refractivity contribution in [1.82, 2.24) is 9.29 Å². The first-order chi connectivity index (χ1) is 8.04. The Labute approximate surface area is 111 Å². The van der Waals surface area contributed by atoms with E-state index in [1.807, 2.05) is 0 Å². The molecule has 0 bridgehead atoms. The number of rotatable bonds is 3. The molecule has 10 heteroatoms. The van der Waals surface area contributed by atoms with Crippen molar-refractivity contribution in [3.05, 3.63) is 22.4 Å². The number of hydrogen-bond donors (Lipinski definition) is 0. The molecule has 18 heavy (non-hydrogen) atoms. The smallest absolute Gasteiger partial charge is 0.242 e. The summed E-state index contributed by atoms with van der Waals surface area (Å²) < 4.78 is 60.1.